The van der Waals surface area contributed by atoms with Crippen LogP contribution in [0.5, 0.6) is 11.8 Å². The third-order valence-corrected chi connectivity index (χ3v) is 5.62. The smallest absolute Gasteiger partial charge is 0.255 e. The van der Waals surface area contributed by atoms with E-state index in [9.17, 15) is 14.4 Å². The van der Waals surface area contributed by atoms with Gasteiger partial charge in [0.25, 0.3) is 5.91 Å². The van der Waals surface area contributed by atoms with E-state index in [4.69, 9.17) is 9.47 Å². The molecule has 1 saturated heterocycles. The van der Waals surface area contributed by atoms with Crippen molar-refractivity contribution in [2.45, 2.75) is 25.4 Å². The summed E-state index contributed by atoms with van der Waals surface area (Å²) in [5, 5.41) is 10.7. The molecule has 12 heteroatoms. The van der Waals surface area contributed by atoms with E-state index in [2.05, 4.69) is 25.6 Å². The fourth-order valence-electron chi connectivity index (χ4n) is 4.00. The van der Waals surface area contributed by atoms with Crippen LogP contribution in [0.1, 0.15) is 28.8 Å². The minimum Gasteiger partial charge on any atom is -0.481 e. The fourth-order valence-corrected chi connectivity index (χ4v) is 4.00. The molecular weight excluding hydrogens is 430 g/mol. The Morgan fingerprint density at radius 3 is 2.55 bits per heavy atom. The maximum atomic E-state index is 13.0. The number of fused-ring (bicyclic) bond motifs is 1. The van der Waals surface area contributed by atoms with Crippen LogP contribution in [0.3, 0.4) is 0 Å². The van der Waals surface area contributed by atoms with E-state index in [0.717, 1.165) is 0 Å². The van der Waals surface area contributed by atoms with Crippen LogP contribution in [0.25, 0.3) is 17.2 Å². The number of methoxy groups -OCH3 is 2. The molecule has 2 aliphatic heterocycles. The first kappa shape index (κ1) is 20.5. The first-order chi connectivity index (χ1) is 16.0. The van der Waals surface area contributed by atoms with E-state index in [-0.39, 0.29) is 30.6 Å². The predicted octanol–water partition coefficient (Wildman–Crippen LogP) is 0.502. The molecule has 0 spiro atoms. The highest BCUT2D eigenvalue weighted by molar-refractivity contribution is 6.05. The number of nitrogens with zero attached hydrogens (tertiary/aromatic N) is 6. The molecule has 3 amide bonds. The Hall–Kier alpha value is -4.35. The number of benzene rings is 1. The second-order valence-electron chi connectivity index (χ2n) is 7.53. The number of carbonyl (C=O) groups excluding carboxylic acids is 3. The number of aromatic nitrogens is 5. The summed E-state index contributed by atoms with van der Waals surface area (Å²) in [6, 6.07) is 6.12. The lowest BCUT2D eigenvalue weighted by atomic mass is 10.0. The minimum atomic E-state index is -0.695. The van der Waals surface area contributed by atoms with Crippen molar-refractivity contribution in [1.29, 1.82) is 0 Å². The quantitative estimate of drug-likeness (QED) is 0.551. The van der Waals surface area contributed by atoms with Crippen molar-refractivity contribution in [3.8, 4) is 29.0 Å². The third-order valence-electron chi connectivity index (χ3n) is 5.62. The summed E-state index contributed by atoms with van der Waals surface area (Å²) in [6.07, 6.45) is 2.13. The van der Waals surface area contributed by atoms with E-state index < -0.39 is 11.9 Å². The highest BCUT2D eigenvalue weighted by atomic mass is 16.5. The van der Waals surface area contributed by atoms with E-state index in [0.29, 0.717) is 40.7 Å². The number of nitrogens with one attached hydrogen (secondary N) is 1. The van der Waals surface area contributed by atoms with Crippen LogP contribution in [0.2, 0.25) is 0 Å². The Bertz CT molecular complexity index is 1270. The monoisotopic (exact) mass is 449 g/mol. The van der Waals surface area contributed by atoms with E-state index in [1.54, 1.807) is 24.4 Å². The molecule has 12 nitrogen and oxygen atoms in total. The normalized spacial score (nSPS) is 17.7. The summed E-state index contributed by atoms with van der Waals surface area (Å²) in [5.74, 6) is -0.141. The predicted molar refractivity (Wildman–Crippen MR) is 112 cm³/mol. The van der Waals surface area contributed by atoms with Gasteiger partial charge in [-0.1, -0.05) is 11.3 Å². The van der Waals surface area contributed by atoms with Crippen LogP contribution in [0.15, 0.2) is 30.5 Å². The number of imide groups is 1. The Labute approximate surface area is 187 Å². The largest absolute Gasteiger partial charge is 0.481 e. The van der Waals surface area contributed by atoms with Gasteiger partial charge in [-0.2, -0.15) is 9.97 Å². The molecule has 0 radical (unpaired) electrons. The molecule has 3 aromatic rings. The highest BCUT2D eigenvalue weighted by Gasteiger charge is 2.40. The SMILES string of the molecule is COc1cc(OC)nc(-c2cn(-c3cccc4c3CN(C3CCC(=O)NC3=O)C4=O)nn2)n1. The zero-order chi connectivity index (χ0) is 23.1. The van der Waals surface area contributed by atoms with Gasteiger partial charge in [-0.05, 0) is 18.6 Å². The van der Waals surface area contributed by atoms with E-state index in [1.807, 2.05) is 6.07 Å². The summed E-state index contributed by atoms with van der Waals surface area (Å²) >= 11 is 0. The molecule has 1 fully saturated rings. The molecule has 1 unspecified atom stereocenters. The molecule has 5 rings (SSSR count). The van der Waals surface area contributed by atoms with Crippen molar-refractivity contribution >= 4 is 17.7 Å². The van der Waals surface area contributed by atoms with Gasteiger partial charge in [0.15, 0.2) is 11.5 Å². The van der Waals surface area contributed by atoms with Crippen molar-refractivity contribution in [3.05, 3.63) is 41.6 Å². The first-order valence-corrected chi connectivity index (χ1v) is 10.1. The molecule has 2 aromatic heterocycles. The molecule has 0 saturated carbocycles. The number of piperidine rings is 1. The van der Waals surface area contributed by atoms with Crippen molar-refractivity contribution in [3.63, 3.8) is 0 Å². The second kappa shape index (κ2) is 7.97. The fraction of sp³-hybridized carbons (Fsp3) is 0.286. The van der Waals surface area contributed by atoms with Gasteiger partial charge in [0.05, 0.1) is 32.2 Å². The van der Waals surface area contributed by atoms with Gasteiger partial charge in [0.1, 0.15) is 6.04 Å². The van der Waals surface area contributed by atoms with Crippen molar-refractivity contribution in [2.24, 2.45) is 0 Å². The molecule has 1 N–H and O–H groups in total. The third kappa shape index (κ3) is 3.54. The Kier molecular flexibility index (Phi) is 4.96. The number of amides is 3. The van der Waals surface area contributed by atoms with Crippen LogP contribution in [-0.4, -0.2) is 67.8 Å². The van der Waals surface area contributed by atoms with E-state index in [1.165, 1.54) is 23.8 Å². The van der Waals surface area contributed by atoms with Gasteiger partial charge in [-0.25, -0.2) is 4.68 Å². The Morgan fingerprint density at radius 2 is 1.85 bits per heavy atom. The second-order valence-corrected chi connectivity index (χ2v) is 7.53. The molecule has 33 heavy (non-hydrogen) atoms. The van der Waals surface area contributed by atoms with Crippen molar-refractivity contribution in [1.82, 2.24) is 35.2 Å². The number of rotatable bonds is 5. The van der Waals surface area contributed by atoms with E-state index >= 15 is 0 Å². The minimum absolute atomic E-state index is 0.194. The molecular formula is C21H19N7O5. The first-order valence-electron chi connectivity index (χ1n) is 10.1. The average Bonchev–Trinajstić information content (AvgIpc) is 3.44. The van der Waals surface area contributed by atoms with Crippen LogP contribution in [0, 0.1) is 0 Å². The number of ether oxygens (including phenoxy) is 2. The molecule has 2 aliphatic rings. The molecule has 4 heterocycles. The summed E-state index contributed by atoms with van der Waals surface area (Å²) < 4.78 is 11.9. The highest BCUT2D eigenvalue weighted by Crippen LogP contribution is 2.32. The summed E-state index contributed by atoms with van der Waals surface area (Å²) in [4.78, 5) is 46.9. The van der Waals surface area contributed by atoms with Gasteiger partial charge in [-0.15, -0.1) is 5.10 Å². The summed E-state index contributed by atoms with van der Waals surface area (Å²) in [6.45, 7) is 0.218. The maximum Gasteiger partial charge on any atom is 0.255 e. The average molecular weight is 449 g/mol. The van der Waals surface area contributed by atoms with Gasteiger partial charge < -0.3 is 14.4 Å². The topological polar surface area (TPSA) is 141 Å². The van der Waals surface area contributed by atoms with Gasteiger partial charge in [0, 0.05) is 24.1 Å². The lowest BCUT2D eigenvalue weighted by molar-refractivity contribution is -0.136. The Balaban J connectivity index is 1.48. The summed E-state index contributed by atoms with van der Waals surface area (Å²) in [7, 11) is 2.97. The van der Waals surface area contributed by atoms with Gasteiger partial charge in [-0.3, -0.25) is 19.7 Å². The molecule has 168 valence electrons. The zero-order valence-electron chi connectivity index (χ0n) is 17.8. The standard InChI is InChI=1S/C21H19N7O5/c1-32-17-8-18(33-2)24-19(23-17)13-10-28(26-25-13)14-5-3-4-11-12(14)9-27(21(11)31)15-6-7-16(29)22-20(15)30/h3-5,8,10,15H,6-7,9H2,1-2H3,(H,22,29,30). The number of carbonyl (C=O) groups is 3. The van der Waals surface area contributed by atoms with Crippen molar-refractivity contribution in [2.75, 3.05) is 14.2 Å². The molecule has 0 bridgehead atoms. The zero-order valence-corrected chi connectivity index (χ0v) is 17.8. The Morgan fingerprint density at radius 1 is 1.09 bits per heavy atom. The van der Waals surface area contributed by atoms with Crippen LogP contribution in [-0.2, 0) is 16.1 Å². The lowest BCUT2D eigenvalue weighted by Crippen LogP contribution is -2.52. The molecule has 0 aliphatic carbocycles. The molecule has 1 aromatic carbocycles. The molecule has 1 atom stereocenters. The van der Waals surface area contributed by atoms with Crippen LogP contribution < -0.4 is 14.8 Å². The van der Waals surface area contributed by atoms with Crippen LogP contribution >= 0.6 is 0 Å². The van der Waals surface area contributed by atoms with Crippen LogP contribution in [0.4, 0.5) is 0 Å². The summed E-state index contributed by atoms with van der Waals surface area (Å²) in [5.41, 5.74) is 2.22. The number of hydrogen-bond acceptors (Lipinski definition) is 9. The number of hydrogen-bond donors (Lipinski definition) is 1. The maximum absolute atomic E-state index is 13.0. The lowest BCUT2D eigenvalue weighted by Gasteiger charge is -2.29. The van der Waals surface area contributed by atoms with Crippen molar-refractivity contribution < 1.29 is 23.9 Å². The van der Waals surface area contributed by atoms with Gasteiger partial charge >= 0.3 is 0 Å². The van der Waals surface area contributed by atoms with Gasteiger partial charge in [0.2, 0.25) is 23.6 Å².